The Labute approximate surface area is 265 Å². The molecule has 0 aliphatic heterocycles. The summed E-state index contributed by atoms with van der Waals surface area (Å²) < 4.78 is 28.4. The zero-order valence-electron chi connectivity index (χ0n) is 25.6. The van der Waals surface area contributed by atoms with Crippen molar-refractivity contribution in [2.75, 3.05) is 18.8 Å². The average molecular weight is 638 g/mol. The van der Waals surface area contributed by atoms with Crippen molar-refractivity contribution in [2.24, 2.45) is 11.7 Å². The first-order chi connectivity index (χ1) is 21.4. The molecule has 0 aliphatic carbocycles. The Morgan fingerprint density at radius 2 is 1.40 bits per heavy atom. The lowest BCUT2D eigenvalue weighted by Gasteiger charge is -2.30. The van der Waals surface area contributed by atoms with Gasteiger partial charge >= 0.3 is 6.09 Å². The van der Waals surface area contributed by atoms with Gasteiger partial charge in [-0.15, -0.1) is 0 Å². The van der Waals surface area contributed by atoms with Gasteiger partial charge in [0.1, 0.15) is 12.1 Å². The highest BCUT2D eigenvalue weighted by Crippen LogP contribution is 2.29. The summed E-state index contributed by atoms with van der Waals surface area (Å²) in [6.45, 7) is 4.21. The Bertz CT molecular complexity index is 1460. The number of primary amides is 1. The van der Waals surface area contributed by atoms with Crippen LogP contribution in [0.2, 0.25) is 0 Å². The van der Waals surface area contributed by atoms with Crippen LogP contribution in [0.3, 0.4) is 0 Å². The number of amides is 3. The second-order valence-corrected chi connectivity index (χ2v) is 13.2. The van der Waals surface area contributed by atoms with Crippen LogP contribution in [0.4, 0.5) is 10.5 Å². The fourth-order valence-electron chi connectivity index (χ4n) is 5.15. The Hall–Kier alpha value is -4.42. The number of nitrogen functional groups attached to an aromatic ring is 1. The van der Waals surface area contributed by atoms with Crippen LogP contribution in [0.1, 0.15) is 56.6 Å². The molecule has 1 unspecified atom stereocenters. The molecule has 3 aromatic carbocycles. The summed E-state index contributed by atoms with van der Waals surface area (Å²) in [6.07, 6.45) is 0.110. The molecule has 0 radical (unpaired) electrons. The number of nitrogens with one attached hydrogen (secondary N) is 2. The number of unbranched alkanes of at least 4 members (excludes halogenated alkanes) is 1. The molecule has 3 amide bonds. The molecule has 2 atom stereocenters. The van der Waals surface area contributed by atoms with Crippen molar-refractivity contribution in [1.82, 2.24) is 14.9 Å². The standard InChI is InChI=1S/C33H43N5O6S/c1-23(2)20-22-38(45(43,44)27-18-16-26(34)17-19-27)28(31(35)39)15-9-10-21-36-32(40)30(37-33(41)42)29(24-11-5-3-6-12-24)25-13-7-4-8-14-25/h3-8,11-14,16-19,23,28-30,37H,9-10,15,20-22,34H2,1-2H3,(H2,35,39)(H,36,40)(H,41,42)/t28?,30-/m0/s1. The van der Waals surface area contributed by atoms with Crippen molar-refractivity contribution in [3.63, 3.8) is 0 Å². The molecule has 0 bridgehead atoms. The second kappa shape index (κ2) is 16.6. The molecule has 7 N–H and O–H groups in total. The Morgan fingerprint density at radius 1 is 0.844 bits per heavy atom. The van der Waals surface area contributed by atoms with E-state index in [0.717, 1.165) is 15.4 Å². The summed E-state index contributed by atoms with van der Waals surface area (Å²) >= 11 is 0. The molecule has 0 aromatic heterocycles. The lowest BCUT2D eigenvalue weighted by atomic mass is 9.84. The fraction of sp³-hybridized carbons (Fsp3) is 0.364. The third-order valence-electron chi connectivity index (χ3n) is 7.51. The number of carboxylic acid groups (broad SMARTS) is 1. The topological polar surface area (TPSA) is 185 Å². The highest BCUT2D eigenvalue weighted by molar-refractivity contribution is 7.89. The minimum absolute atomic E-state index is 0.0160. The molecule has 0 fully saturated rings. The Balaban J connectivity index is 1.72. The van der Waals surface area contributed by atoms with Crippen molar-refractivity contribution < 1.29 is 27.9 Å². The molecule has 242 valence electrons. The number of nitrogens with two attached hydrogens (primary N) is 2. The molecule has 0 spiro atoms. The Kier molecular flexibility index (Phi) is 12.9. The number of sulfonamides is 1. The van der Waals surface area contributed by atoms with Gasteiger partial charge in [0.15, 0.2) is 0 Å². The van der Waals surface area contributed by atoms with E-state index in [4.69, 9.17) is 11.5 Å². The maximum atomic E-state index is 13.6. The molecule has 3 aromatic rings. The first kappa shape index (κ1) is 35.1. The fourth-order valence-corrected chi connectivity index (χ4v) is 6.79. The molecule has 12 heteroatoms. The number of benzene rings is 3. The first-order valence-corrected chi connectivity index (χ1v) is 16.4. The van der Waals surface area contributed by atoms with E-state index in [1.807, 2.05) is 74.5 Å². The maximum absolute atomic E-state index is 13.6. The monoisotopic (exact) mass is 637 g/mol. The summed E-state index contributed by atoms with van der Waals surface area (Å²) in [6, 6.07) is 21.9. The van der Waals surface area contributed by atoms with Crippen molar-refractivity contribution in [3.8, 4) is 0 Å². The van der Waals surface area contributed by atoms with Gasteiger partial charge in [-0.3, -0.25) is 9.59 Å². The number of hydrogen-bond acceptors (Lipinski definition) is 6. The number of carbonyl (C=O) groups is 3. The van der Waals surface area contributed by atoms with Crippen LogP contribution in [-0.2, 0) is 19.6 Å². The van der Waals surface area contributed by atoms with Crippen molar-refractivity contribution >= 4 is 33.6 Å². The lowest BCUT2D eigenvalue weighted by Crippen LogP contribution is -2.50. The third-order valence-corrected chi connectivity index (χ3v) is 9.43. The SMILES string of the molecule is CC(C)CCN(C(CCCCNC(=O)[C@@H](NC(=O)O)C(c1ccccc1)c1ccccc1)C(N)=O)S(=O)(=O)c1ccc(N)cc1. The zero-order valence-corrected chi connectivity index (χ0v) is 26.5. The Morgan fingerprint density at radius 3 is 1.89 bits per heavy atom. The van der Waals surface area contributed by atoms with Crippen molar-refractivity contribution in [2.45, 2.75) is 62.4 Å². The van der Waals surface area contributed by atoms with E-state index in [2.05, 4.69) is 10.6 Å². The molecule has 0 saturated carbocycles. The van der Waals surface area contributed by atoms with E-state index in [9.17, 15) is 27.9 Å². The van der Waals surface area contributed by atoms with Crippen molar-refractivity contribution in [3.05, 3.63) is 96.1 Å². The van der Waals surface area contributed by atoms with Gasteiger partial charge < -0.3 is 27.2 Å². The van der Waals surface area contributed by atoms with Gasteiger partial charge in [0.25, 0.3) is 0 Å². The van der Waals surface area contributed by atoms with Crippen LogP contribution >= 0.6 is 0 Å². The summed E-state index contributed by atoms with van der Waals surface area (Å²) in [5, 5.41) is 14.8. The maximum Gasteiger partial charge on any atom is 0.405 e. The molecule has 45 heavy (non-hydrogen) atoms. The second-order valence-electron chi connectivity index (χ2n) is 11.3. The summed E-state index contributed by atoms with van der Waals surface area (Å²) in [7, 11) is -4.06. The van der Waals surface area contributed by atoms with Gasteiger partial charge in [-0.2, -0.15) is 4.31 Å². The van der Waals surface area contributed by atoms with Gasteiger partial charge in [-0.05, 0) is 67.0 Å². The van der Waals surface area contributed by atoms with E-state index >= 15 is 0 Å². The number of anilines is 1. The van der Waals surface area contributed by atoms with Crippen LogP contribution < -0.4 is 22.1 Å². The van der Waals surface area contributed by atoms with E-state index < -0.39 is 45.9 Å². The molecule has 0 saturated heterocycles. The molecule has 0 aliphatic rings. The normalized spacial score (nSPS) is 13.0. The van der Waals surface area contributed by atoms with Gasteiger partial charge in [-0.25, -0.2) is 13.2 Å². The van der Waals surface area contributed by atoms with Crippen molar-refractivity contribution in [1.29, 1.82) is 0 Å². The van der Waals surface area contributed by atoms with Gasteiger partial charge in [0.05, 0.1) is 4.90 Å². The number of carbonyl (C=O) groups excluding carboxylic acids is 2. The first-order valence-electron chi connectivity index (χ1n) is 15.0. The quantitative estimate of drug-likeness (QED) is 0.110. The van der Waals surface area contributed by atoms with Gasteiger partial charge in [0.2, 0.25) is 21.8 Å². The smallest absolute Gasteiger partial charge is 0.405 e. The lowest BCUT2D eigenvalue weighted by molar-refractivity contribution is -0.123. The predicted octanol–water partition coefficient (Wildman–Crippen LogP) is 3.91. The van der Waals surface area contributed by atoms with E-state index in [1.165, 1.54) is 24.3 Å². The van der Waals surface area contributed by atoms with Crippen LogP contribution in [0.15, 0.2) is 89.8 Å². The van der Waals surface area contributed by atoms with Gasteiger partial charge in [-0.1, -0.05) is 74.5 Å². The molecular formula is C33H43N5O6S. The summed E-state index contributed by atoms with van der Waals surface area (Å²) in [5.41, 5.74) is 13.4. The van der Waals surface area contributed by atoms with E-state index in [0.29, 0.717) is 24.9 Å². The van der Waals surface area contributed by atoms with Crippen LogP contribution in [-0.4, -0.2) is 60.9 Å². The molecule has 11 nitrogen and oxygen atoms in total. The highest BCUT2D eigenvalue weighted by atomic mass is 32.2. The predicted molar refractivity (Wildman–Crippen MR) is 174 cm³/mol. The van der Waals surface area contributed by atoms with E-state index in [1.54, 1.807) is 0 Å². The third kappa shape index (κ3) is 10.0. The molecule has 3 rings (SSSR count). The van der Waals surface area contributed by atoms with Crippen LogP contribution in [0.25, 0.3) is 0 Å². The van der Waals surface area contributed by atoms with Crippen LogP contribution in [0.5, 0.6) is 0 Å². The van der Waals surface area contributed by atoms with Gasteiger partial charge in [0, 0.05) is 24.7 Å². The summed E-state index contributed by atoms with van der Waals surface area (Å²) in [4.78, 5) is 37.8. The van der Waals surface area contributed by atoms with E-state index in [-0.39, 0.29) is 30.3 Å². The largest absolute Gasteiger partial charge is 0.465 e. The molecular weight excluding hydrogens is 594 g/mol. The minimum Gasteiger partial charge on any atom is -0.465 e. The number of hydrogen-bond donors (Lipinski definition) is 5. The van der Waals surface area contributed by atoms with Crippen LogP contribution in [0, 0.1) is 5.92 Å². The highest BCUT2D eigenvalue weighted by Gasteiger charge is 2.35. The minimum atomic E-state index is -4.06. The molecule has 0 heterocycles. The summed E-state index contributed by atoms with van der Waals surface area (Å²) in [5.74, 6) is -1.68. The number of nitrogens with zero attached hydrogens (tertiary/aromatic N) is 1. The average Bonchev–Trinajstić information content (AvgIpc) is 3.00. The zero-order chi connectivity index (χ0) is 33.0. The number of rotatable bonds is 17.